The lowest BCUT2D eigenvalue weighted by molar-refractivity contribution is -0.144. The van der Waals surface area contributed by atoms with E-state index in [-0.39, 0.29) is 30.7 Å². The molecule has 1 aromatic carbocycles. The van der Waals surface area contributed by atoms with Crippen LogP contribution >= 0.6 is 11.6 Å². The van der Waals surface area contributed by atoms with Crippen LogP contribution in [0.25, 0.3) is 0 Å². The van der Waals surface area contributed by atoms with Crippen LogP contribution in [-0.2, 0) is 14.4 Å². The van der Waals surface area contributed by atoms with Gasteiger partial charge in [0.1, 0.15) is 0 Å². The maximum Gasteiger partial charge on any atom is 0.306 e. The number of nitrogens with two attached hydrogens (primary N) is 2. The van der Waals surface area contributed by atoms with Crippen molar-refractivity contribution in [3.05, 3.63) is 29.3 Å². The van der Waals surface area contributed by atoms with Crippen molar-refractivity contribution in [2.75, 3.05) is 24.5 Å². The van der Waals surface area contributed by atoms with Gasteiger partial charge in [0.15, 0.2) is 0 Å². The molecule has 1 fully saturated rings. The largest absolute Gasteiger partial charge is 0.481 e. The lowest BCUT2D eigenvalue weighted by Crippen LogP contribution is -2.64. The summed E-state index contributed by atoms with van der Waals surface area (Å²) in [6.07, 6.45) is 0.489. The van der Waals surface area contributed by atoms with Gasteiger partial charge in [-0.1, -0.05) is 44.5 Å². The second kappa shape index (κ2) is 13.8. The molecule has 1 aliphatic rings. The van der Waals surface area contributed by atoms with Gasteiger partial charge in [-0.05, 0) is 44.7 Å². The summed E-state index contributed by atoms with van der Waals surface area (Å²) in [4.78, 5) is 37.7. The summed E-state index contributed by atoms with van der Waals surface area (Å²) in [6, 6.07) is 6.57. The minimum atomic E-state index is -0.967. The number of piperazine rings is 1. The van der Waals surface area contributed by atoms with Gasteiger partial charge in [0.05, 0.1) is 29.3 Å². The Balaban J connectivity index is 0.000000905. The van der Waals surface area contributed by atoms with E-state index in [1.54, 1.807) is 11.0 Å². The van der Waals surface area contributed by atoms with Gasteiger partial charge in [-0.25, -0.2) is 0 Å². The zero-order valence-corrected chi connectivity index (χ0v) is 22.2. The quantitative estimate of drug-likeness (QED) is 0.376. The molecular formula is C25H41ClN4O5. The van der Waals surface area contributed by atoms with Crippen molar-refractivity contribution in [3.8, 4) is 0 Å². The van der Waals surface area contributed by atoms with Crippen molar-refractivity contribution in [2.24, 2.45) is 23.3 Å². The van der Waals surface area contributed by atoms with Crippen molar-refractivity contribution in [3.63, 3.8) is 0 Å². The van der Waals surface area contributed by atoms with Crippen molar-refractivity contribution >= 4 is 35.1 Å². The number of benzene rings is 1. The van der Waals surface area contributed by atoms with Crippen LogP contribution < -0.4 is 16.4 Å². The lowest BCUT2D eigenvalue weighted by atomic mass is 9.87. The number of amides is 2. The predicted molar refractivity (Wildman–Crippen MR) is 138 cm³/mol. The average molecular weight is 513 g/mol. The van der Waals surface area contributed by atoms with Crippen LogP contribution in [-0.4, -0.2) is 70.2 Å². The van der Waals surface area contributed by atoms with Gasteiger partial charge in [-0.15, -0.1) is 0 Å². The number of carboxylic acid groups (broad SMARTS) is 1. The molecule has 1 saturated heterocycles. The second-order valence-electron chi connectivity index (χ2n) is 10.00. The van der Waals surface area contributed by atoms with Crippen LogP contribution in [0.2, 0.25) is 5.02 Å². The fourth-order valence-electron chi connectivity index (χ4n) is 3.96. The lowest BCUT2D eigenvalue weighted by Gasteiger charge is -2.47. The maximum absolute atomic E-state index is 12.8. The summed E-state index contributed by atoms with van der Waals surface area (Å²) in [5.74, 6) is -2.01. The molecule has 2 amide bonds. The van der Waals surface area contributed by atoms with E-state index in [9.17, 15) is 24.6 Å². The number of halogens is 1. The number of carbonyl (C=O) groups excluding carboxylic acids is 2. The molecule has 6 N–H and O–H groups in total. The molecule has 0 spiro atoms. The number of hydrogen-bond acceptors (Lipinski definition) is 6. The van der Waals surface area contributed by atoms with Crippen LogP contribution in [0, 0.1) is 11.8 Å². The van der Waals surface area contributed by atoms with Crippen LogP contribution in [0.15, 0.2) is 24.3 Å². The first kappa shape index (κ1) is 30.8. The van der Waals surface area contributed by atoms with Gasteiger partial charge < -0.3 is 26.6 Å². The first-order chi connectivity index (χ1) is 16.2. The summed E-state index contributed by atoms with van der Waals surface area (Å²) >= 11 is 6.27. The molecule has 0 radical (unpaired) electrons. The van der Waals surface area contributed by atoms with Crippen LogP contribution in [0.3, 0.4) is 0 Å². The van der Waals surface area contributed by atoms with E-state index in [2.05, 4.69) is 0 Å². The Morgan fingerprint density at radius 1 is 1.23 bits per heavy atom. The van der Waals surface area contributed by atoms with Crippen molar-refractivity contribution < 1.29 is 24.6 Å². The minimum Gasteiger partial charge on any atom is -0.481 e. The van der Waals surface area contributed by atoms with Gasteiger partial charge in [-0.3, -0.25) is 19.3 Å². The third-order valence-corrected chi connectivity index (χ3v) is 6.53. The molecule has 10 heteroatoms. The molecular weight excluding hydrogens is 472 g/mol. The van der Waals surface area contributed by atoms with E-state index in [1.807, 2.05) is 57.7 Å². The SMILES string of the molecule is CC(C)C(CC(O)C(N)CN1CC(=O)N(c2ccccc2Cl)CC1(C)C)C(=O)O.CCCC(N)=O. The Morgan fingerprint density at radius 3 is 2.29 bits per heavy atom. The topological polar surface area (TPSA) is 150 Å². The van der Waals surface area contributed by atoms with E-state index in [0.717, 1.165) is 6.42 Å². The molecule has 35 heavy (non-hydrogen) atoms. The third kappa shape index (κ3) is 9.40. The van der Waals surface area contributed by atoms with E-state index in [1.165, 1.54) is 0 Å². The molecule has 0 aliphatic carbocycles. The highest BCUT2D eigenvalue weighted by Gasteiger charge is 2.40. The van der Waals surface area contributed by atoms with E-state index < -0.39 is 29.6 Å². The summed E-state index contributed by atoms with van der Waals surface area (Å²) < 4.78 is 0. The summed E-state index contributed by atoms with van der Waals surface area (Å²) in [7, 11) is 0. The fourth-order valence-corrected chi connectivity index (χ4v) is 4.19. The first-order valence-corrected chi connectivity index (χ1v) is 12.3. The standard InChI is InChI=1S/C21H32ClN3O4.C4H9NO/c1-13(2)14(20(28)29)9-18(26)16(23)10-24-11-19(27)25(12-21(24,3)4)17-8-6-5-7-15(17)22;1-2-3-4(5)6/h5-8,13-14,16,18,26H,9-12,23H2,1-4H3,(H,28,29);2-3H2,1H3,(H2,5,6). The molecule has 0 aromatic heterocycles. The van der Waals surface area contributed by atoms with E-state index in [0.29, 0.717) is 30.2 Å². The van der Waals surface area contributed by atoms with Gasteiger partial charge in [-0.2, -0.15) is 0 Å². The maximum atomic E-state index is 12.8. The molecule has 1 heterocycles. The number of aliphatic carboxylic acids is 1. The molecule has 198 valence electrons. The fraction of sp³-hybridized carbons (Fsp3) is 0.640. The van der Waals surface area contributed by atoms with Gasteiger partial charge >= 0.3 is 5.97 Å². The molecule has 9 nitrogen and oxygen atoms in total. The highest BCUT2D eigenvalue weighted by atomic mass is 35.5. The number of nitrogens with zero attached hydrogens (tertiary/aromatic N) is 2. The molecule has 1 aromatic rings. The smallest absolute Gasteiger partial charge is 0.306 e. The molecule has 2 rings (SSSR count). The first-order valence-electron chi connectivity index (χ1n) is 12.0. The molecule has 1 aliphatic heterocycles. The normalized spacial score (nSPS) is 18.4. The Kier molecular flexibility index (Phi) is 12.1. The van der Waals surface area contributed by atoms with E-state index >= 15 is 0 Å². The van der Waals surface area contributed by atoms with E-state index in [4.69, 9.17) is 23.1 Å². The van der Waals surface area contributed by atoms with Crippen LogP contribution in [0.5, 0.6) is 0 Å². The summed E-state index contributed by atoms with van der Waals surface area (Å²) in [5, 5.41) is 20.4. The summed E-state index contributed by atoms with van der Waals surface area (Å²) in [6.45, 7) is 10.4. The number of para-hydroxylation sites is 1. The average Bonchev–Trinajstić information content (AvgIpc) is 2.74. The Morgan fingerprint density at radius 2 is 1.83 bits per heavy atom. The molecule has 3 unspecified atom stereocenters. The molecule has 3 atom stereocenters. The summed E-state index contributed by atoms with van der Waals surface area (Å²) in [5.41, 5.74) is 11.3. The van der Waals surface area contributed by atoms with Crippen LogP contribution in [0.4, 0.5) is 5.69 Å². The van der Waals surface area contributed by atoms with Crippen molar-refractivity contribution in [2.45, 2.75) is 71.6 Å². The number of aliphatic hydroxyl groups excluding tert-OH is 1. The minimum absolute atomic E-state index is 0.0854. The number of rotatable bonds is 10. The Hall–Kier alpha value is -2.20. The predicted octanol–water partition coefficient (Wildman–Crippen LogP) is 2.47. The van der Waals surface area contributed by atoms with Gasteiger partial charge in [0.2, 0.25) is 11.8 Å². The molecule has 0 saturated carbocycles. The van der Waals surface area contributed by atoms with Gasteiger partial charge in [0, 0.05) is 31.1 Å². The number of aliphatic hydroxyl groups is 1. The van der Waals surface area contributed by atoms with Gasteiger partial charge in [0.25, 0.3) is 0 Å². The third-order valence-electron chi connectivity index (χ3n) is 6.21. The number of hydrogen-bond donors (Lipinski definition) is 4. The number of primary amides is 1. The zero-order valence-electron chi connectivity index (χ0n) is 21.4. The highest BCUT2D eigenvalue weighted by molar-refractivity contribution is 6.33. The van der Waals surface area contributed by atoms with Crippen LogP contribution in [0.1, 0.15) is 53.9 Å². The number of anilines is 1. The van der Waals surface area contributed by atoms with Crippen molar-refractivity contribution in [1.29, 1.82) is 0 Å². The zero-order chi connectivity index (χ0) is 26.9. The number of carboxylic acids is 1. The highest BCUT2D eigenvalue weighted by Crippen LogP contribution is 2.31. The van der Waals surface area contributed by atoms with Crippen molar-refractivity contribution in [1.82, 2.24) is 4.90 Å². The monoisotopic (exact) mass is 512 g/mol. The Bertz CT molecular complexity index is 864. The Labute approximate surface area is 213 Å². The second-order valence-corrected chi connectivity index (χ2v) is 10.4. The number of carbonyl (C=O) groups is 3. The molecule has 0 bridgehead atoms.